The molecule has 1 heterocycles. The number of nitrogens with zero attached hydrogens (tertiary/aromatic N) is 2. The monoisotopic (exact) mass is 323 g/mol. The Kier molecular flexibility index (Phi) is 4.03. The number of imidazole rings is 1. The summed E-state index contributed by atoms with van der Waals surface area (Å²) in [5, 5.41) is 11.1. The molecule has 0 aliphatic carbocycles. The van der Waals surface area contributed by atoms with E-state index in [1.54, 1.807) is 30.3 Å². The molecular weight excluding hydrogens is 310 g/mol. The summed E-state index contributed by atoms with van der Waals surface area (Å²) >= 11 is 0. The third-order valence-corrected chi connectivity index (χ3v) is 3.44. The number of methoxy groups -OCH3 is 1. The molecule has 7 nitrogen and oxygen atoms in total. The number of hydrogen-bond acceptors (Lipinski definition) is 5. The van der Waals surface area contributed by atoms with Crippen LogP contribution in [0.1, 0.15) is 0 Å². The normalized spacial score (nSPS) is 10.3. The number of para-hydroxylation sites is 1. The van der Waals surface area contributed by atoms with E-state index >= 15 is 0 Å². The maximum absolute atomic E-state index is 11.1. The first-order chi connectivity index (χ1) is 11.6. The lowest BCUT2D eigenvalue weighted by molar-refractivity contribution is -0.383. The number of aromatic nitrogens is 2. The first-order valence-corrected chi connectivity index (χ1v) is 7.02. The zero-order valence-electron chi connectivity index (χ0n) is 12.8. The second kappa shape index (κ2) is 6.30. The lowest BCUT2D eigenvalue weighted by Crippen LogP contribution is -1.95. The Balaban J connectivity index is 2.09. The van der Waals surface area contributed by atoms with Crippen molar-refractivity contribution in [3.05, 3.63) is 46.5 Å². The average molecular weight is 323 g/mol. The first kappa shape index (κ1) is 15.4. The zero-order valence-corrected chi connectivity index (χ0v) is 12.8. The van der Waals surface area contributed by atoms with Crippen LogP contribution in [0.5, 0.6) is 11.5 Å². The molecule has 0 saturated carbocycles. The van der Waals surface area contributed by atoms with Crippen molar-refractivity contribution in [2.45, 2.75) is 0 Å². The minimum Gasteiger partial charge on any atom is -0.496 e. The maximum Gasteiger partial charge on any atom is 0.297 e. The molecule has 0 amide bonds. The van der Waals surface area contributed by atoms with Gasteiger partial charge < -0.3 is 14.5 Å². The summed E-state index contributed by atoms with van der Waals surface area (Å²) in [5.74, 6) is 3.95. The SMILES string of the molecule is C#CCOc1ccc(-c2nc3c([N+](=O)[O-])cccc3[nH]2)c(OC)c1. The Morgan fingerprint density at radius 2 is 2.21 bits per heavy atom. The van der Waals surface area contributed by atoms with Crippen LogP contribution in [0.3, 0.4) is 0 Å². The minimum absolute atomic E-state index is 0.0528. The smallest absolute Gasteiger partial charge is 0.297 e. The van der Waals surface area contributed by atoms with Gasteiger partial charge in [-0.15, -0.1) is 6.42 Å². The van der Waals surface area contributed by atoms with Crippen molar-refractivity contribution < 1.29 is 14.4 Å². The number of H-pyrrole nitrogens is 1. The number of nitrogens with one attached hydrogen (secondary N) is 1. The van der Waals surface area contributed by atoms with Crippen LogP contribution in [-0.4, -0.2) is 28.6 Å². The number of nitro groups is 1. The van der Waals surface area contributed by atoms with Crippen molar-refractivity contribution in [3.8, 4) is 35.2 Å². The fraction of sp³-hybridized carbons (Fsp3) is 0.118. The van der Waals surface area contributed by atoms with Crippen LogP contribution in [0.2, 0.25) is 0 Å². The molecule has 0 bridgehead atoms. The van der Waals surface area contributed by atoms with Crippen LogP contribution in [0.4, 0.5) is 5.69 Å². The number of hydrogen-bond donors (Lipinski definition) is 1. The van der Waals surface area contributed by atoms with Gasteiger partial charge >= 0.3 is 0 Å². The Labute approximate surface area is 137 Å². The fourth-order valence-corrected chi connectivity index (χ4v) is 2.37. The predicted molar refractivity (Wildman–Crippen MR) is 89.1 cm³/mol. The molecule has 0 fully saturated rings. The summed E-state index contributed by atoms with van der Waals surface area (Å²) in [6.07, 6.45) is 5.17. The van der Waals surface area contributed by atoms with Crippen LogP contribution >= 0.6 is 0 Å². The Morgan fingerprint density at radius 3 is 2.92 bits per heavy atom. The maximum atomic E-state index is 11.1. The highest BCUT2D eigenvalue weighted by Crippen LogP contribution is 2.34. The summed E-state index contributed by atoms with van der Waals surface area (Å²) in [5.41, 5.74) is 1.49. The number of nitro benzene ring substituents is 1. The molecule has 3 aromatic rings. The van der Waals surface area contributed by atoms with Gasteiger partial charge in [-0.2, -0.15) is 0 Å². The molecule has 7 heteroatoms. The molecule has 1 N–H and O–H groups in total. The Morgan fingerprint density at radius 1 is 1.38 bits per heavy atom. The molecule has 0 aliphatic rings. The van der Waals surface area contributed by atoms with Crippen molar-refractivity contribution in [1.29, 1.82) is 0 Å². The second-order valence-electron chi connectivity index (χ2n) is 4.87. The van der Waals surface area contributed by atoms with Gasteiger partial charge in [-0.05, 0) is 18.2 Å². The van der Waals surface area contributed by atoms with Crippen LogP contribution in [0.15, 0.2) is 36.4 Å². The molecular formula is C17H13N3O4. The topological polar surface area (TPSA) is 90.3 Å². The Bertz CT molecular complexity index is 956. The molecule has 3 rings (SSSR count). The molecule has 1 aromatic heterocycles. The molecule has 120 valence electrons. The van der Waals surface area contributed by atoms with Gasteiger partial charge in [0, 0.05) is 12.1 Å². The molecule has 0 unspecified atom stereocenters. The minimum atomic E-state index is -0.457. The second-order valence-corrected chi connectivity index (χ2v) is 4.87. The van der Waals surface area contributed by atoms with E-state index in [1.807, 2.05) is 0 Å². The number of benzene rings is 2. The highest BCUT2D eigenvalue weighted by atomic mass is 16.6. The van der Waals surface area contributed by atoms with E-state index < -0.39 is 4.92 Å². The van der Waals surface area contributed by atoms with Gasteiger partial charge in [-0.25, -0.2) is 4.98 Å². The van der Waals surface area contributed by atoms with E-state index in [0.29, 0.717) is 33.9 Å². The largest absolute Gasteiger partial charge is 0.496 e. The summed E-state index contributed by atoms with van der Waals surface area (Å²) in [6, 6.07) is 9.94. The molecule has 0 atom stereocenters. The van der Waals surface area contributed by atoms with Crippen molar-refractivity contribution in [2.75, 3.05) is 13.7 Å². The third-order valence-electron chi connectivity index (χ3n) is 3.44. The van der Waals surface area contributed by atoms with Crippen molar-refractivity contribution in [1.82, 2.24) is 9.97 Å². The molecule has 0 aliphatic heterocycles. The molecule has 24 heavy (non-hydrogen) atoms. The summed E-state index contributed by atoms with van der Waals surface area (Å²) in [4.78, 5) is 18.1. The number of terminal acetylenes is 1. The Hall–Kier alpha value is -3.53. The molecule has 0 saturated heterocycles. The van der Waals surface area contributed by atoms with E-state index in [-0.39, 0.29) is 12.3 Å². The lowest BCUT2D eigenvalue weighted by atomic mass is 10.2. The number of aromatic amines is 1. The van der Waals surface area contributed by atoms with Gasteiger partial charge in [0.25, 0.3) is 5.69 Å². The molecule has 0 radical (unpaired) electrons. The number of rotatable bonds is 5. The number of non-ortho nitro benzene ring substituents is 1. The van der Waals surface area contributed by atoms with Crippen LogP contribution in [0, 0.1) is 22.5 Å². The quantitative estimate of drug-likeness (QED) is 0.442. The standard InChI is InChI=1S/C17H13N3O4/c1-3-9-24-11-7-8-12(15(10-11)23-2)17-18-13-5-4-6-14(20(21)22)16(13)19-17/h1,4-8,10H,9H2,2H3,(H,18,19). The van der Waals surface area contributed by atoms with Crippen molar-refractivity contribution in [2.24, 2.45) is 0 Å². The zero-order chi connectivity index (χ0) is 17.1. The first-order valence-electron chi connectivity index (χ1n) is 7.02. The lowest BCUT2D eigenvalue weighted by Gasteiger charge is -2.09. The molecule has 0 spiro atoms. The summed E-state index contributed by atoms with van der Waals surface area (Å²) < 4.78 is 10.7. The summed E-state index contributed by atoms with van der Waals surface area (Å²) in [7, 11) is 1.52. The fourth-order valence-electron chi connectivity index (χ4n) is 2.37. The van der Waals surface area contributed by atoms with Crippen LogP contribution in [-0.2, 0) is 0 Å². The third kappa shape index (κ3) is 2.73. The molecule has 2 aromatic carbocycles. The van der Waals surface area contributed by atoms with Gasteiger partial charge in [0.2, 0.25) is 0 Å². The van der Waals surface area contributed by atoms with Gasteiger partial charge in [-0.1, -0.05) is 12.0 Å². The number of fused-ring (bicyclic) bond motifs is 1. The van der Waals surface area contributed by atoms with E-state index in [0.717, 1.165) is 0 Å². The van der Waals surface area contributed by atoms with Gasteiger partial charge in [-0.3, -0.25) is 10.1 Å². The van der Waals surface area contributed by atoms with E-state index in [2.05, 4.69) is 15.9 Å². The summed E-state index contributed by atoms with van der Waals surface area (Å²) in [6.45, 7) is 0.152. The van der Waals surface area contributed by atoms with Crippen LogP contribution in [0.25, 0.3) is 22.4 Å². The predicted octanol–water partition coefficient (Wildman–Crippen LogP) is 3.16. The average Bonchev–Trinajstić information content (AvgIpc) is 3.03. The van der Waals surface area contributed by atoms with Crippen molar-refractivity contribution in [3.63, 3.8) is 0 Å². The highest BCUT2D eigenvalue weighted by Gasteiger charge is 2.18. The van der Waals surface area contributed by atoms with E-state index in [9.17, 15) is 10.1 Å². The van der Waals surface area contributed by atoms with E-state index in [1.165, 1.54) is 13.2 Å². The van der Waals surface area contributed by atoms with Crippen molar-refractivity contribution >= 4 is 16.7 Å². The van der Waals surface area contributed by atoms with E-state index in [4.69, 9.17) is 15.9 Å². The van der Waals surface area contributed by atoms with Gasteiger partial charge in [0.05, 0.1) is 23.1 Å². The number of ether oxygens (including phenoxy) is 2. The van der Waals surface area contributed by atoms with Gasteiger partial charge in [0.15, 0.2) is 5.52 Å². The van der Waals surface area contributed by atoms with Crippen LogP contribution < -0.4 is 9.47 Å². The van der Waals surface area contributed by atoms with Gasteiger partial charge in [0.1, 0.15) is 23.9 Å². The highest BCUT2D eigenvalue weighted by molar-refractivity contribution is 5.88.